The Balaban J connectivity index is 1.19. The van der Waals surface area contributed by atoms with Crippen LogP contribution >= 0.6 is 0 Å². The molecule has 0 fully saturated rings. The van der Waals surface area contributed by atoms with Crippen LogP contribution in [0, 0.1) is 5.41 Å². The number of aromatic nitrogens is 3. The minimum Gasteiger partial charge on any atom is -0.382 e. The number of rotatable bonds is 30. The van der Waals surface area contributed by atoms with Crippen molar-refractivity contribution in [1.82, 2.24) is 69.3 Å². The lowest BCUT2D eigenvalue weighted by Gasteiger charge is -2.29. The molecule has 2 aromatic heterocycles. The molecule has 466 valence electrons. The van der Waals surface area contributed by atoms with E-state index in [1.807, 2.05) is 70.4 Å². The summed E-state index contributed by atoms with van der Waals surface area (Å²) in [5.41, 5.74) is 7.30. The lowest BCUT2D eigenvalue weighted by atomic mass is 9.87. The highest BCUT2D eigenvalue weighted by atomic mass is 16.5. The lowest BCUT2D eigenvalue weighted by Crippen LogP contribution is -2.52. The van der Waals surface area contributed by atoms with Gasteiger partial charge in [-0.1, -0.05) is 39.0 Å². The number of hydrogen-bond donors (Lipinski definition) is 3. The summed E-state index contributed by atoms with van der Waals surface area (Å²) in [5, 5.41) is 6.49. The number of nitrogens with zero attached hydrogens (tertiary/aromatic N) is 12. The fourth-order valence-corrected chi connectivity index (χ4v) is 8.52. The van der Waals surface area contributed by atoms with Gasteiger partial charge in [0, 0.05) is 87.1 Å². The van der Waals surface area contributed by atoms with E-state index in [9.17, 15) is 57.5 Å². The number of carbonyl (C=O) groups excluding carboxylic acids is 12. The average molecular weight is 1190 g/mol. The highest BCUT2D eigenvalue weighted by Crippen LogP contribution is 2.31. The summed E-state index contributed by atoms with van der Waals surface area (Å²) in [6.07, 6.45) is 2.31. The van der Waals surface area contributed by atoms with Gasteiger partial charge in [0.05, 0.1) is 82.1 Å². The molecular formula is C56H83N15O14. The number of hydrogen-bond acceptors (Lipinski definition) is 17. The van der Waals surface area contributed by atoms with Crippen LogP contribution < -0.4 is 16.4 Å². The number of ether oxygens (including phenoxy) is 2. The molecular weight excluding hydrogens is 1110 g/mol. The Bertz CT molecular complexity index is 3030. The molecule has 0 aliphatic carbocycles. The van der Waals surface area contributed by atoms with E-state index < -0.39 is 147 Å². The SMILES string of the molecule is CCOCc1nc2c(N)nc3ccccc3c2n1CC(C)(C)OCCNC(=O)[C@H](CC(C)(C)C)NC(=O)CN(C)C(=O)CN(C)C(=O)CN(C)C(=O)CN(C)C(=O)CN(C)C(=O)CN(C)C(=O)CN(C)C(=O)CN(C)C(=O)CN1C(=O)C=CC1=O. The molecule has 3 aromatic rings. The standard InChI is InChI=1S/C56H83N15O14/c1-15-84-34-39-61-51-52(36-18-16-17-19-37(36)60-53(51)57)71(39)35-56(5,6)85-23-22-58-54(83)38(24-55(2,3)4)59-40(72)25-62(7)43(75)26-63(8)44(76)27-64(9)45(77)28-65(10)46(78)29-66(11)47(79)30-67(12)48(80)31-68(13)49(81)32-69(14)50(82)33-70-41(73)20-21-42(70)74/h16-21,38H,15,22-35H2,1-14H3,(H2,57,60)(H,58,83)(H,59,72)/t38-/m0/s1. The van der Waals surface area contributed by atoms with Crippen LogP contribution in [0.5, 0.6) is 0 Å². The van der Waals surface area contributed by atoms with Crippen molar-refractivity contribution in [2.45, 2.75) is 72.8 Å². The first-order valence-electron chi connectivity index (χ1n) is 27.4. The third kappa shape index (κ3) is 20.3. The number of fused-ring (bicyclic) bond motifs is 3. The van der Waals surface area contributed by atoms with Gasteiger partial charge in [0.1, 0.15) is 30.5 Å². The number of benzene rings is 1. The largest absolute Gasteiger partial charge is 0.382 e. The maximum absolute atomic E-state index is 13.6. The Morgan fingerprint density at radius 3 is 1.47 bits per heavy atom. The van der Waals surface area contributed by atoms with Gasteiger partial charge in [-0.2, -0.15) is 0 Å². The van der Waals surface area contributed by atoms with Gasteiger partial charge in [-0.05, 0) is 38.7 Å². The van der Waals surface area contributed by atoms with Crippen molar-refractivity contribution in [3.8, 4) is 0 Å². The van der Waals surface area contributed by atoms with Gasteiger partial charge in [0.15, 0.2) is 5.82 Å². The van der Waals surface area contributed by atoms with Crippen molar-refractivity contribution in [2.75, 3.05) is 141 Å². The van der Waals surface area contributed by atoms with Crippen LogP contribution in [0.25, 0.3) is 21.9 Å². The zero-order chi connectivity index (χ0) is 63.8. The maximum atomic E-state index is 13.6. The van der Waals surface area contributed by atoms with Crippen LogP contribution in [-0.4, -0.2) is 276 Å². The Kier molecular flexibility index (Phi) is 24.5. The van der Waals surface area contributed by atoms with E-state index >= 15 is 0 Å². The normalized spacial score (nSPS) is 12.7. The van der Waals surface area contributed by atoms with Gasteiger partial charge in [-0.15, -0.1) is 0 Å². The van der Waals surface area contributed by atoms with E-state index in [0.29, 0.717) is 30.3 Å². The van der Waals surface area contributed by atoms with Crippen LogP contribution in [0.2, 0.25) is 0 Å². The number of anilines is 1. The quantitative estimate of drug-likeness (QED) is 0.0486. The van der Waals surface area contributed by atoms with Crippen molar-refractivity contribution < 1.29 is 67.0 Å². The average Bonchev–Trinajstić information content (AvgIpc) is 2.41. The summed E-state index contributed by atoms with van der Waals surface area (Å²) in [4.78, 5) is 173. The molecule has 0 spiro atoms. The number of pyridine rings is 1. The van der Waals surface area contributed by atoms with Crippen molar-refractivity contribution in [3.05, 3.63) is 42.2 Å². The van der Waals surface area contributed by atoms with Crippen LogP contribution in [0.4, 0.5) is 5.82 Å². The molecule has 4 N–H and O–H groups in total. The molecule has 1 aliphatic rings. The van der Waals surface area contributed by atoms with E-state index in [1.165, 1.54) is 56.4 Å². The third-order valence-electron chi connectivity index (χ3n) is 13.6. The van der Waals surface area contributed by atoms with Crippen molar-refractivity contribution in [1.29, 1.82) is 0 Å². The minimum absolute atomic E-state index is 0.118. The van der Waals surface area contributed by atoms with Crippen molar-refractivity contribution in [2.24, 2.45) is 5.41 Å². The minimum atomic E-state index is -0.967. The highest BCUT2D eigenvalue weighted by molar-refractivity contribution is 6.14. The molecule has 0 saturated carbocycles. The first-order chi connectivity index (χ1) is 39.6. The summed E-state index contributed by atoms with van der Waals surface area (Å²) in [6.45, 7) is 8.53. The van der Waals surface area contributed by atoms with Crippen LogP contribution in [0.3, 0.4) is 0 Å². The second kappa shape index (κ2) is 30.3. The fourth-order valence-electron chi connectivity index (χ4n) is 8.52. The summed E-state index contributed by atoms with van der Waals surface area (Å²) in [7, 11) is 10.6. The summed E-state index contributed by atoms with van der Waals surface area (Å²) in [5.74, 6) is -6.57. The number of amides is 12. The zero-order valence-electron chi connectivity index (χ0n) is 51.3. The van der Waals surface area contributed by atoms with E-state index in [-0.39, 0.29) is 26.2 Å². The molecule has 1 aliphatic heterocycles. The molecule has 0 unspecified atom stereocenters. The maximum Gasteiger partial charge on any atom is 0.254 e. The monoisotopic (exact) mass is 1190 g/mol. The first kappa shape index (κ1) is 68.9. The second-order valence-corrected chi connectivity index (χ2v) is 22.8. The number of carbonyl (C=O) groups is 12. The predicted octanol–water partition coefficient (Wildman–Crippen LogP) is -1.87. The Morgan fingerprint density at radius 1 is 0.612 bits per heavy atom. The van der Waals surface area contributed by atoms with Gasteiger partial charge in [0.2, 0.25) is 59.1 Å². The van der Waals surface area contributed by atoms with Gasteiger partial charge in [-0.25, -0.2) is 9.97 Å². The zero-order valence-corrected chi connectivity index (χ0v) is 51.3. The van der Waals surface area contributed by atoms with Crippen LogP contribution in [0.15, 0.2) is 36.4 Å². The number of imidazole rings is 1. The molecule has 12 amide bonds. The lowest BCUT2D eigenvalue weighted by molar-refractivity contribution is -0.147. The van der Waals surface area contributed by atoms with Crippen molar-refractivity contribution in [3.63, 3.8) is 0 Å². The summed E-state index contributed by atoms with van der Waals surface area (Å²) >= 11 is 0. The molecule has 1 atom stereocenters. The molecule has 3 heterocycles. The molecule has 1 aromatic carbocycles. The number of imide groups is 1. The molecule has 29 heteroatoms. The smallest absolute Gasteiger partial charge is 0.254 e. The highest BCUT2D eigenvalue weighted by Gasteiger charge is 2.32. The molecule has 0 radical (unpaired) electrons. The summed E-state index contributed by atoms with van der Waals surface area (Å²) in [6, 6.07) is 6.69. The van der Waals surface area contributed by atoms with Gasteiger partial charge < -0.3 is 69.6 Å². The van der Waals surface area contributed by atoms with Crippen LogP contribution in [0.1, 0.15) is 53.8 Å². The first-order valence-corrected chi connectivity index (χ1v) is 27.4. The predicted molar refractivity (Wildman–Crippen MR) is 311 cm³/mol. The Labute approximate surface area is 494 Å². The van der Waals surface area contributed by atoms with E-state index in [2.05, 4.69) is 15.6 Å². The molecule has 0 saturated heterocycles. The van der Waals surface area contributed by atoms with E-state index in [4.69, 9.17) is 20.2 Å². The Hall–Kier alpha value is -8.60. The van der Waals surface area contributed by atoms with Crippen molar-refractivity contribution >= 4 is 98.6 Å². The second-order valence-electron chi connectivity index (χ2n) is 22.8. The topological polar surface area (TPSA) is 333 Å². The molecule has 29 nitrogen and oxygen atoms in total. The molecule has 85 heavy (non-hydrogen) atoms. The van der Waals surface area contributed by atoms with Gasteiger partial charge in [-0.3, -0.25) is 62.4 Å². The summed E-state index contributed by atoms with van der Waals surface area (Å²) < 4.78 is 14.1. The van der Waals surface area contributed by atoms with Crippen LogP contribution in [-0.2, 0) is 80.2 Å². The van der Waals surface area contributed by atoms with E-state index in [1.54, 1.807) is 0 Å². The number of nitrogens with one attached hydrogen (secondary N) is 2. The molecule has 0 bridgehead atoms. The number of para-hydroxylation sites is 1. The number of nitrogens with two attached hydrogens (primary N) is 1. The van der Waals surface area contributed by atoms with Gasteiger partial charge in [0.25, 0.3) is 11.8 Å². The fraction of sp³-hybridized carbons (Fsp3) is 0.571. The Morgan fingerprint density at radius 2 is 1.04 bits per heavy atom. The molecule has 4 rings (SSSR count). The van der Waals surface area contributed by atoms with Gasteiger partial charge >= 0.3 is 0 Å². The van der Waals surface area contributed by atoms with E-state index in [0.717, 1.165) is 72.7 Å². The third-order valence-corrected chi connectivity index (χ3v) is 13.6. The number of nitrogen functional groups attached to an aromatic ring is 1. The number of likely N-dealkylation sites (N-methyl/N-ethyl adjacent to an activating group) is 8.